The molecular formula is C14H13NO4S. The summed E-state index contributed by atoms with van der Waals surface area (Å²) in [5, 5.41) is 9.70. The number of carboxylic acids is 1. The van der Waals surface area contributed by atoms with Crippen molar-refractivity contribution in [2.24, 2.45) is 0 Å². The van der Waals surface area contributed by atoms with Crippen LogP contribution in [-0.4, -0.2) is 22.9 Å². The molecule has 104 valence electrons. The summed E-state index contributed by atoms with van der Waals surface area (Å²) in [6.45, 7) is 3.19. The number of carbonyl (C=O) groups excluding carboxylic acids is 2. The van der Waals surface area contributed by atoms with Crippen molar-refractivity contribution in [3.8, 4) is 0 Å². The van der Waals surface area contributed by atoms with E-state index in [1.165, 1.54) is 11.3 Å². The highest BCUT2D eigenvalue weighted by Crippen LogP contribution is 2.43. The second-order valence-electron chi connectivity index (χ2n) is 5.04. The van der Waals surface area contributed by atoms with Gasteiger partial charge in [0.05, 0.1) is 5.56 Å². The molecule has 0 spiro atoms. The number of thiophene rings is 1. The Bertz CT molecular complexity index is 674. The molecule has 1 aliphatic heterocycles. The van der Waals surface area contributed by atoms with E-state index in [1.54, 1.807) is 13.8 Å². The van der Waals surface area contributed by atoms with Gasteiger partial charge >= 0.3 is 5.97 Å². The molecule has 5 nitrogen and oxygen atoms in total. The van der Waals surface area contributed by atoms with Gasteiger partial charge < -0.3 is 5.11 Å². The maximum absolute atomic E-state index is 12.2. The third kappa shape index (κ3) is 1.57. The maximum atomic E-state index is 12.2. The molecule has 0 saturated carbocycles. The van der Waals surface area contributed by atoms with Gasteiger partial charge in [0.15, 0.2) is 0 Å². The van der Waals surface area contributed by atoms with Crippen LogP contribution in [0.4, 0.5) is 5.00 Å². The molecule has 0 fully saturated rings. The first-order valence-electron chi connectivity index (χ1n) is 6.37. The summed E-state index contributed by atoms with van der Waals surface area (Å²) >= 11 is 1.26. The molecular weight excluding hydrogens is 278 g/mol. The van der Waals surface area contributed by atoms with Crippen LogP contribution in [0.3, 0.4) is 0 Å². The number of rotatable bonds is 2. The van der Waals surface area contributed by atoms with Gasteiger partial charge in [0.2, 0.25) is 0 Å². The van der Waals surface area contributed by atoms with Crippen molar-refractivity contribution < 1.29 is 19.5 Å². The predicted octanol–water partition coefficient (Wildman–Crippen LogP) is 2.14. The van der Waals surface area contributed by atoms with E-state index in [1.807, 2.05) is 0 Å². The van der Waals surface area contributed by atoms with Crippen LogP contribution in [0.2, 0.25) is 0 Å². The molecule has 2 amide bonds. The summed E-state index contributed by atoms with van der Waals surface area (Å²) in [5.74, 6) is -1.88. The monoisotopic (exact) mass is 291 g/mol. The fourth-order valence-electron chi connectivity index (χ4n) is 2.70. The molecule has 0 saturated heterocycles. The molecule has 1 N–H and O–H groups in total. The Morgan fingerprint density at radius 2 is 1.75 bits per heavy atom. The highest BCUT2D eigenvalue weighted by molar-refractivity contribution is 7.17. The van der Waals surface area contributed by atoms with Gasteiger partial charge in [0.25, 0.3) is 11.8 Å². The van der Waals surface area contributed by atoms with E-state index >= 15 is 0 Å². The maximum Gasteiger partial charge on any atom is 0.339 e. The Kier molecular flexibility index (Phi) is 2.79. The van der Waals surface area contributed by atoms with E-state index < -0.39 is 17.8 Å². The molecule has 0 bridgehead atoms. The van der Waals surface area contributed by atoms with Gasteiger partial charge in [-0.1, -0.05) is 0 Å². The molecule has 1 aromatic rings. The zero-order valence-electron chi connectivity index (χ0n) is 11.1. The molecule has 1 aliphatic carbocycles. The number of anilines is 1. The fourth-order valence-corrected chi connectivity index (χ4v) is 4.08. The fraction of sp³-hybridized carbons (Fsp3) is 0.357. The van der Waals surface area contributed by atoms with Crippen LogP contribution >= 0.6 is 11.3 Å². The van der Waals surface area contributed by atoms with Crippen molar-refractivity contribution in [3.05, 3.63) is 27.2 Å². The molecule has 0 aromatic carbocycles. The van der Waals surface area contributed by atoms with Crippen LogP contribution in [0.1, 0.15) is 41.1 Å². The van der Waals surface area contributed by atoms with Gasteiger partial charge in [-0.25, -0.2) is 9.69 Å². The molecule has 0 atom stereocenters. The van der Waals surface area contributed by atoms with Crippen molar-refractivity contribution >= 4 is 34.1 Å². The summed E-state index contributed by atoms with van der Waals surface area (Å²) in [5.41, 5.74) is 1.70. The van der Waals surface area contributed by atoms with Gasteiger partial charge in [-0.05, 0) is 38.7 Å². The molecule has 0 unspecified atom stereocenters. The van der Waals surface area contributed by atoms with Crippen molar-refractivity contribution in [2.75, 3.05) is 4.90 Å². The summed E-state index contributed by atoms with van der Waals surface area (Å²) in [6, 6.07) is 0. The molecule has 0 radical (unpaired) electrons. The van der Waals surface area contributed by atoms with Crippen molar-refractivity contribution in [3.63, 3.8) is 0 Å². The summed E-state index contributed by atoms with van der Waals surface area (Å²) < 4.78 is 0. The molecule has 20 heavy (non-hydrogen) atoms. The second-order valence-corrected chi connectivity index (χ2v) is 6.12. The highest BCUT2D eigenvalue weighted by Gasteiger charge is 2.40. The molecule has 1 aromatic heterocycles. The van der Waals surface area contributed by atoms with Crippen LogP contribution in [0.5, 0.6) is 0 Å². The zero-order chi connectivity index (χ0) is 14.6. The van der Waals surface area contributed by atoms with Gasteiger partial charge in [0, 0.05) is 16.0 Å². The number of carboxylic acid groups (broad SMARTS) is 1. The third-order valence-electron chi connectivity index (χ3n) is 3.93. The molecule has 2 heterocycles. The van der Waals surface area contributed by atoms with Crippen LogP contribution in [0.15, 0.2) is 11.1 Å². The minimum absolute atomic E-state index is 0.131. The van der Waals surface area contributed by atoms with E-state index in [2.05, 4.69) is 0 Å². The van der Waals surface area contributed by atoms with Crippen molar-refractivity contribution in [1.82, 2.24) is 0 Å². The Labute approximate surface area is 119 Å². The minimum Gasteiger partial charge on any atom is -0.478 e. The number of amides is 2. The number of carbonyl (C=O) groups is 3. The summed E-state index contributed by atoms with van der Waals surface area (Å²) in [7, 11) is 0. The highest BCUT2D eigenvalue weighted by atomic mass is 32.1. The van der Waals surface area contributed by atoms with E-state index in [-0.39, 0.29) is 10.6 Å². The lowest BCUT2D eigenvalue weighted by Crippen LogP contribution is -2.31. The SMILES string of the molecule is CC1=C(C)C(=O)N(c2sc3c(c2C(=O)O)CCC3)C1=O. The first kappa shape index (κ1) is 13.1. The van der Waals surface area contributed by atoms with Crippen LogP contribution in [0.25, 0.3) is 0 Å². The standard InChI is InChI=1S/C14H13NO4S/c1-6-7(2)12(17)15(11(6)16)13-10(14(18)19)8-4-3-5-9(8)20-13/h3-5H2,1-2H3,(H,18,19). The van der Waals surface area contributed by atoms with Crippen molar-refractivity contribution in [2.45, 2.75) is 33.1 Å². The van der Waals surface area contributed by atoms with Crippen LogP contribution in [-0.2, 0) is 22.4 Å². The average Bonchev–Trinajstić information content (AvgIpc) is 3.00. The Morgan fingerprint density at radius 1 is 1.15 bits per heavy atom. The van der Waals surface area contributed by atoms with Gasteiger partial charge in [-0.3, -0.25) is 9.59 Å². The lowest BCUT2D eigenvalue weighted by atomic mass is 10.1. The van der Waals surface area contributed by atoms with Gasteiger partial charge in [-0.15, -0.1) is 11.3 Å². The van der Waals surface area contributed by atoms with Crippen LogP contribution < -0.4 is 4.90 Å². The number of aryl methyl sites for hydroxylation is 1. The van der Waals surface area contributed by atoms with E-state index in [0.29, 0.717) is 17.6 Å². The first-order chi connectivity index (χ1) is 9.43. The van der Waals surface area contributed by atoms with Gasteiger partial charge in [0.1, 0.15) is 5.00 Å². The number of fused-ring (bicyclic) bond motifs is 1. The normalized spacial score (nSPS) is 18.2. The zero-order valence-corrected chi connectivity index (χ0v) is 12.0. The first-order valence-corrected chi connectivity index (χ1v) is 7.19. The van der Waals surface area contributed by atoms with E-state index in [4.69, 9.17) is 0 Å². The summed E-state index contributed by atoms with van der Waals surface area (Å²) in [6.07, 6.45) is 2.46. The summed E-state index contributed by atoms with van der Waals surface area (Å²) in [4.78, 5) is 37.9. The number of nitrogens with zero attached hydrogens (tertiary/aromatic N) is 1. The minimum atomic E-state index is -1.07. The quantitative estimate of drug-likeness (QED) is 0.847. The number of hydrogen-bond donors (Lipinski definition) is 1. The topological polar surface area (TPSA) is 74.7 Å². The average molecular weight is 291 g/mol. The lowest BCUT2D eigenvalue weighted by Gasteiger charge is -2.14. The van der Waals surface area contributed by atoms with E-state index in [0.717, 1.165) is 28.2 Å². The van der Waals surface area contributed by atoms with Crippen LogP contribution in [0, 0.1) is 0 Å². The predicted molar refractivity (Wildman–Crippen MR) is 74.2 cm³/mol. The van der Waals surface area contributed by atoms with Crippen molar-refractivity contribution in [1.29, 1.82) is 0 Å². The lowest BCUT2D eigenvalue weighted by molar-refractivity contribution is -0.120. The third-order valence-corrected chi connectivity index (χ3v) is 5.21. The Balaban J connectivity index is 2.16. The Hall–Kier alpha value is -1.95. The largest absolute Gasteiger partial charge is 0.478 e. The molecule has 6 heteroatoms. The second kappa shape index (κ2) is 4.28. The van der Waals surface area contributed by atoms with Gasteiger partial charge in [-0.2, -0.15) is 0 Å². The smallest absolute Gasteiger partial charge is 0.339 e. The Morgan fingerprint density at radius 3 is 2.30 bits per heavy atom. The number of imide groups is 1. The molecule has 2 aliphatic rings. The number of hydrogen-bond acceptors (Lipinski definition) is 4. The van der Waals surface area contributed by atoms with E-state index in [9.17, 15) is 19.5 Å². The number of aromatic carboxylic acids is 1. The molecule has 3 rings (SSSR count).